The van der Waals surface area contributed by atoms with Gasteiger partial charge in [0.15, 0.2) is 5.96 Å². The lowest BCUT2D eigenvalue weighted by molar-refractivity contribution is 0.0205. The number of carbonyl (C=O) groups excluding carboxylic acids is 1. The zero-order valence-electron chi connectivity index (χ0n) is 18.6. The highest BCUT2D eigenvalue weighted by atomic mass is 16.5. The number of amides is 1. The smallest absolute Gasteiger partial charge is 0.253 e. The molecule has 0 saturated heterocycles. The van der Waals surface area contributed by atoms with Crippen LogP contribution in [0.5, 0.6) is 0 Å². The van der Waals surface area contributed by atoms with Gasteiger partial charge in [-0.1, -0.05) is 32.9 Å². The van der Waals surface area contributed by atoms with Crippen LogP contribution in [0.2, 0.25) is 0 Å². The normalized spacial score (nSPS) is 13.2. The maximum absolute atomic E-state index is 12.4. The van der Waals surface area contributed by atoms with Gasteiger partial charge in [-0.15, -0.1) is 0 Å². The van der Waals surface area contributed by atoms with E-state index in [2.05, 4.69) is 36.4 Å². The van der Waals surface area contributed by atoms with Crippen LogP contribution in [0, 0.1) is 5.41 Å². The first-order valence-electron chi connectivity index (χ1n) is 10.2. The first-order chi connectivity index (χ1) is 13.3. The third kappa shape index (κ3) is 7.50. The highest BCUT2D eigenvalue weighted by Gasteiger charge is 2.24. The predicted molar refractivity (Wildman–Crippen MR) is 117 cm³/mol. The summed E-state index contributed by atoms with van der Waals surface area (Å²) in [6.07, 6.45) is 0.0849. The van der Waals surface area contributed by atoms with Crippen molar-refractivity contribution in [2.75, 3.05) is 33.3 Å². The lowest BCUT2D eigenvalue weighted by Gasteiger charge is -2.30. The van der Waals surface area contributed by atoms with Gasteiger partial charge in [0.05, 0.1) is 12.6 Å². The Kier molecular flexibility index (Phi) is 10.0. The van der Waals surface area contributed by atoms with Crippen LogP contribution in [0.15, 0.2) is 29.3 Å². The molecule has 0 saturated carbocycles. The first kappa shape index (κ1) is 24.0. The number of nitrogens with zero attached hydrogens (tertiary/aromatic N) is 2. The predicted octanol–water partition coefficient (Wildman–Crippen LogP) is 3.28. The number of ether oxygens (including phenoxy) is 1. The quantitative estimate of drug-likeness (QED) is 0.502. The molecule has 0 aliphatic carbocycles. The van der Waals surface area contributed by atoms with Crippen molar-refractivity contribution in [3.8, 4) is 0 Å². The second-order valence-corrected chi connectivity index (χ2v) is 7.84. The van der Waals surface area contributed by atoms with Gasteiger partial charge in [-0.25, -0.2) is 4.99 Å². The fourth-order valence-electron chi connectivity index (χ4n) is 2.89. The molecular weight excluding hydrogens is 352 g/mol. The molecule has 158 valence electrons. The maximum Gasteiger partial charge on any atom is 0.253 e. The van der Waals surface area contributed by atoms with Crippen molar-refractivity contribution in [2.45, 2.75) is 54.2 Å². The van der Waals surface area contributed by atoms with E-state index in [0.717, 1.165) is 36.7 Å². The van der Waals surface area contributed by atoms with Gasteiger partial charge in [0, 0.05) is 38.9 Å². The van der Waals surface area contributed by atoms with Gasteiger partial charge in [-0.2, -0.15) is 0 Å². The molecule has 6 nitrogen and oxygen atoms in total. The summed E-state index contributed by atoms with van der Waals surface area (Å²) in [5.74, 6) is 0.833. The van der Waals surface area contributed by atoms with E-state index in [4.69, 9.17) is 4.74 Å². The summed E-state index contributed by atoms with van der Waals surface area (Å²) in [7, 11) is 1.74. The minimum Gasteiger partial charge on any atom is -0.379 e. The summed E-state index contributed by atoms with van der Waals surface area (Å²) >= 11 is 0. The summed E-state index contributed by atoms with van der Waals surface area (Å²) in [5, 5.41) is 6.63. The first-order valence-corrected chi connectivity index (χ1v) is 10.2. The number of hydrogen-bond acceptors (Lipinski definition) is 3. The van der Waals surface area contributed by atoms with Crippen LogP contribution < -0.4 is 10.6 Å². The molecule has 0 aliphatic heterocycles. The van der Waals surface area contributed by atoms with Crippen molar-refractivity contribution in [2.24, 2.45) is 10.4 Å². The molecule has 0 bridgehead atoms. The fraction of sp³-hybridized carbons (Fsp3) is 0.636. The molecule has 1 amide bonds. The highest BCUT2D eigenvalue weighted by molar-refractivity contribution is 5.94. The zero-order chi connectivity index (χ0) is 21.2. The number of carbonyl (C=O) groups is 1. The van der Waals surface area contributed by atoms with Crippen LogP contribution >= 0.6 is 0 Å². The topological polar surface area (TPSA) is 66.0 Å². The minimum absolute atomic E-state index is 0.0479. The number of aliphatic imine (C=N–C) groups is 1. The molecule has 1 aromatic carbocycles. The average molecular weight is 391 g/mol. The van der Waals surface area contributed by atoms with Gasteiger partial charge >= 0.3 is 0 Å². The van der Waals surface area contributed by atoms with Gasteiger partial charge in [-0.3, -0.25) is 4.79 Å². The minimum atomic E-state index is 0.0479. The zero-order valence-corrected chi connectivity index (χ0v) is 18.6. The number of methoxy groups -OCH3 is 1. The summed E-state index contributed by atoms with van der Waals surface area (Å²) in [6, 6.07) is 7.70. The Morgan fingerprint density at radius 3 is 2.18 bits per heavy atom. The van der Waals surface area contributed by atoms with Gasteiger partial charge < -0.3 is 20.3 Å². The van der Waals surface area contributed by atoms with Crippen molar-refractivity contribution in [3.05, 3.63) is 35.4 Å². The number of hydrogen-bond donors (Lipinski definition) is 2. The van der Waals surface area contributed by atoms with Gasteiger partial charge in [-0.05, 0) is 43.9 Å². The van der Waals surface area contributed by atoms with E-state index >= 15 is 0 Å². The third-order valence-corrected chi connectivity index (χ3v) is 4.72. The van der Waals surface area contributed by atoms with Crippen LogP contribution in [0.3, 0.4) is 0 Å². The summed E-state index contributed by atoms with van der Waals surface area (Å²) in [6.45, 7) is 16.0. The number of guanidine groups is 1. The molecule has 1 aromatic rings. The number of benzene rings is 1. The van der Waals surface area contributed by atoms with Gasteiger partial charge in [0.25, 0.3) is 5.91 Å². The largest absolute Gasteiger partial charge is 0.379 e. The highest BCUT2D eigenvalue weighted by Crippen LogP contribution is 2.20. The van der Waals surface area contributed by atoms with Crippen LogP contribution in [-0.2, 0) is 11.3 Å². The molecule has 0 aliphatic rings. The molecule has 0 spiro atoms. The van der Waals surface area contributed by atoms with Crippen LogP contribution in [0.4, 0.5) is 0 Å². The summed E-state index contributed by atoms with van der Waals surface area (Å²) in [5.41, 5.74) is 1.83. The van der Waals surface area contributed by atoms with Gasteiger partial charge in [0.2, 0.25) is 0 Å². The third-order valence-electron chi connectivity index (χ3n) is 4.72. The summed E-state index contributed by atoms with van der Waals surface area (Å²) in [4.78, 5) is 18.9. The Bertz CT molecular complexity index is 616. The van der Waals surface area contributed by atoms with Crippen molar-refractivity contribution < 1.29 is 9.53 Å². The molecule has 6 heteroatoms. The SMILES string of the molecule is CCNC(=NCc1ccc(C(=O)N(CC)CC)cc1)NCC(OC)C(C)(C)C. The van der Waals surface area contributed by atoms with E-state index in [1.807, 2.05) is 49.9 Å². The van der Waals surface area contributed by atoms with Crippen LogP contribution in [-0.4, -0.2) is 56.2 Å². The molecule has 0 heterocycles. The number of nitrogens with one attached hydrogen (secondary N) is 2. The molecular formula is C22H38N4O2. The number of rotatable bonds is 9. The fourth-order valence-corrected chi connectivity index (χ4v) is 2.89. The maximum atomic E-state index is 12.4. The second-order valence-electron chi connectivity index (χ2n) is 7.84. The van der Waals surface area contributed by atoms with Crippen molar-refractivity contribution in [3.63, 3.8) is 0 Å². The second kappa shape index (κ2) is 11.7. The summed E-state index contributed by atoms with van der Waals surface area (Å²) < 4.78 is 5.60. The molecule has 0 radical (unpaired) electrons. The van der Waals surface area contributed by atoms with E-state index < -0.39 is 0 Å². The lowest BCUT2D eigenvalue weighted by Crippen LogP contribution is -2.45. The molecule has 1 atom stereocenters. The Morgan fingerprint density at radius 1 is 1.11 bits per heavy atom. The van der Waals surface area contributed by atoms with Crippen LogP contribution in [0.25, 0.3) is 0 Å². The van der Waals surface area contributed by atoms with E-state index in [9.17, 15) is 4.79 Å². The molecule has 1 unspecified atom stereocenters. The van der Waals surface area contributed by atoms with Crippen LogP contribution in [0.1, 0.15) is 57.5 Å². The molecule has 0 aromatic heterocycles. The average Bonchev–Trinajstić information content (AvgIpc) is 2.66. The Labute approximate surface area is 170 Å². The monoisotopic (exact) mass is 390 g/mol. The Hall–Kier alpha value is -2.08. The standard InChI is InChI=1S/C22H38N4O2/c1-8-23-21(25-16-19(28-7)22(4,5)6)24-15-17-11-13-18(14-12-17)20(27)26(9-2)10-3/h11-14,19H,8-10,15-16H2,1-7H3,(H2,23,24,25). The molecule has 1 rings (SSSR count). The lowest BCUT2D eigenvalue weighted by atomic mass is 9.89. The van der Waals surface area contributed by atoms with E-state index in [0.29, 0.717) is 13.1 Å². The van der Waals surface area contributed by atoms with Gasteiger partial charge in [0.1, 0.15) is 0 Å². The van der Waals surface area contributed by atoms with Crippen molar-refractivity contribution in [1.82, 2.24) is 15.5 Å². The van der Waals surface area contributed by atoms with E-state index in [-0.39, 0.29) is 17.4 Å². The van der Waals surface area contributed by atoms with Crippen molar-refractivity contribution >= 4 is 11.9 Å². The van der Waals surface area contributed by atoms with E-state index in [1.54, 1.807) is 7.11 Å². The molecule has 2 N–H and O–H groups in total. The Balaban J connectivity index is 2.75. The molecule has 0 fully saturated rings. The Morgan fingerprint density at radius 2 is 1.71 bits per heavy atom. The van der Waals surface area contributed by atoms with E-state index in [1.165, 1.54) is 0 Å². The van der Waals surface area contributed by atoms with Crippen molar-refractivity contribution in [1.29, 1.82) is 0 Å². The molecule has 28 heavy (non-hydrogen) atoms.